The number of ether oxygens (including phenoxy) is 2. The Balaban J connectivity index is 0.000000146. The maximum atomic E-state index is 10.6. The number of aliphatic hydroxyl groups excluding tert-OH is 1. The monoisotopic (exact) mass is 203 g/mol. The van der Waals surface area contributed by atoms with E-state index in [4.69, 9.17) is 14.6 Å². The normalized spacial score (nSPS) is 27.1. The molecule has 2 rings (SSSR count). The van der Waals surface area contributed by atoms with E-state index in [0.717, 1.165) is 26.4 Å². The first kappa shape index (κ1) is 11.4. The molecule has 0 radical (unpaired) electrons. The maximum absolute atomic E-state index is 10.6. The lowest BCUT2D eigenvalue weighted by molar-refractivity contribution is -0.133. The van der Waals surface area contributed by atoms with Gasteiger partial charge in [-0.25, -0.2) is 0 Å². The molecule has 2 saturated heterocycles. The van der Waals surface area contributed by atoms with Gasteiger partial charge < -0.3 is 19.5 Å². The molecule has 0 saturated carbocycles. The Labute approximate surface area is 83.6 Å². The van der Waals surface area contributed by atoms with Crippen molar-refractivity contribution in [1.82, 2.24) is 4.90 Å². The molecule has 0 bridgehead atoms. The lowest BCUT2D eigenvalue weighted by atomic mass is 10.3. The van der Waals surface area contributed by atoms with E-state index >= 15 is 0 Å². The highest BCUT2D eigenvalue weighted by molar-refractivity contribution is 5.82. The van der Waals surface area contributed by atoms with Gasteiger partial charge in [0.1, 0.15) is 6.10 Å². The van der Waals surface area contributed by atoms with Crippen LogP contribution in [0.2, 0.25) is 0 Å². The Morgan fingerprint density at radius 3 is 1.93 bits per heavy atom. The summed E-state index contributed by atoms with van der Waals surface area (Å²) in [6.07, 6.45) is -0.130. The molecule has 0 aromatic carbocycles. The number of carbonyl (C=O) groups is 1. The van der Waals surface area contributed by atoms with Crippen molar-refractivity contribution < 1.29 is 19.4 Å². The molecule has 2 fully saturated rings. The highest BCUT2D eigenvalue weighted by Gasteiger charge is 2.25. The van der Waals surface area contributed by atoms with Crippen molar-refractivity contribution in [2.75, 3.05) is 40.0 Å². The zero-order chi connectivity index (χ0) is 10.4. The van der Waals surface area contributed by atoms with Gasteiger partial charge in [-0.3, -0.25) is 4.79 Å². The zero-order valence-electron chi connectivity index (χ0n) is 8.44. The fourth-order valence-electron chi connectivity index (χ4n) is 1.24. The smallest absolute Gasteiger partial charge is 0.251 e. The summed E-state index contributed by atoms with van der Waals surface area (Å²) >= 11 is 0. The van der Waals surface area contributed by atoms with Crippen LogP contribution in [0, 0.1) is 0 Å². The zero-order valence-corrected chi connectivity index (χ0v) is 8.44. The number of likely N-dealkylation sites (N-methyl/N-ethyl adjacent to an activating group) is 1. The first-order valence-electron chi connectivity index (χ1n) is 4.80. The minimum atomic E-state index is -0.722. The minimum absolute atomic E-state index is 0.148. The van der Waals surface area contributed by atoms with Crippen LogP contribution in [0.1, 0.15) is 6.42 Å². The molecule has 2 aliphatic heterocycles. The highest BCUT2D eigenvalue weighted by Crippen LogP contribution is 2.06. The fourth-order valence-corrected chi connectivity index (χ4v) is 1.24. The molecule has 82 valence electrons. The van der Waals surface area contributed by atoms with Crippen molar-refractivity contribution in [2.45, 2.75) is 12.5 Å². The summed E-state index contributed by atoms with van der Waals surface area (Å²) in [6, 6.07) is 0. The molecule has 0 aromatic heterocycles. The molecule has 1 amide bonds. The van der Waals surface area contributed by atoms with E-state index in [2.05, 4.69) is 0 Å². The van der Waals surface area contributed by atoms with E-state index in [1.807, 2.05) is 0 Å². The maximum Gasteiger partial charge on any atom is 0.251 e. The minimum Gasteiger partial charge on any atom is -0.383 e. The van der Waals surface area contributed by atoms with E-state index in [-0.39, 0.29) is 5.91 Å². The molecule has 1 atom stereocenters. The lowest BCUT2D eigenvalue weighted by Crippen LogP contribution is -2.24. The average Bonchev–Trinajstić information content (AvgIpc) is 2.53. The predicted molar refractivity (Wildman–Crippen MR) is 49.9 cm³/mol. The average molecular weight is 203 g/mol. The van der Waals surface area contributed by atoms with E-state index in [1.165, 1.54) is 4.90 Å². The Kier molecular flexibility index (Phi) is 4.86. The molecule has 0 aromatic rings. The van der Waals surface area contributed by atoms with Gasteiger partial charge in [-0.15, -0.1) is 0 Å². The molecular formula is C9H17NO4. The summed E-state index contributed by atoms with van der Waals surface area (Å²) in [6.45, 7) is 3.81. The second-order valence-corrected chi connectivity index (χ2v) is 3.29. The number of nitrogens with zero attached hydrogens (tertiary/aromatic N) is 1. The number of hydrogen-bond acceptors (Lipinski definition) is 4. The van der Waals surface area contributed by atoms with Gasteiger partial charge in [0.05, 0.1) is 26.4 Å². The van der Waals surface area contributed by atoms with Crippen LogP contribution in [-0.4, -0.2) is 62.0 Å². The summed E-state index contributed by atoms with van der Waals surface area (Å²) in [7, 11) is 1.69. The van der Waals surface area contributed by atoms with Crippen LogP contribution in [0.4, 0.5) is 0 Å². The summed E-state index contributed by atoms with van der Waals surface area (Å²) in [5, 5.41) is 8.78. The predicted octanol–water partition coefficient (Wildman–Crippen LogP) is -0.757. The fraction of sp³-hybridized carbons (Fsp3) is 0.889. The van der Waals surface area contributed by atoms with Gasteiger partial charge >= 0.3 is 0 Å². The third kappa shape index (κ3) is 3.61. The Morgan fingerprint density at radius 2 is 1.79 bits per heavy atom. The van der Waals surface area contributed by atoms with Gasteiger partial charge in [0, 0.05) is 13.6 Å². The molecule has 0 spiro atoms. The van der Waals surface area contributed by atoms with E-state index in [9.17, 15) is 4.79 Å². The molecule has 14 heavy (non-hydrogen) atoms. The second-order valence-electron chi connectivity index (χ2n) is 3.29. The second kappa shape index (κ2) is 5.95. The van der Waals surface area contributed by atoms with Gasteiger partial charge in [-0.1, -0.05) is 0 Å². The lowest BCUT2D eigenvalue weighted by Gasteiger charge is -2.09. The highest BCUT2D eigenvalue weighted by atomic mass is 16.6. The van der Waals surface area contributed by atoms with Crippen LogP contribution in [0.25, 0.3) is 0 Å². The van der Waals surface area contributed by atoms with Gasteiger partial charge in [-0.2, -0.15) is 0 Å². The Morgan fingerprint density at radius 1 is 1.29 bits per heavy atom. The summed E-state index contributed by atoms with van der Waals surface area (Å²) in [5.74, 6) is -0.148. The van der Waals surface area contributed by atoms with E-state index < -0.39 is 6.10 Å². The topological polar surface area (TPSA) is 59.0 Å². The number of rotatable bonds is 0. The van der Waals surface area contributed by atoms with E-state index in [1.54, 1.807) is 7.05 Å². The van der Waals surface area contributed by atoms with Gasteiger partial charge in [0.2, 0.25) is 0 Å². The largest absolute Gasteiger partial charge is 0.383 e. The van der Waals surface area contributed by atoms with Gasteiger partial charge in [0.25, 0.3) is 5.91 Å². The van der Waals surface area contributed by atoms with Gasteiger partial charge in [0.15, 0.2) is 0 Å². The van der Waals surface area contributed by atoms with Crippen LogP contribution in [0.3, 0.4) is 0 Å². The van der Waals surface area contributed by atoms with Crippen molar-refractivity contribution in [2.24, 2.45) is 0 Å². The van der Waals surface area contributed by atoms with Crippen LogP contribution >= 0.6 is 0 Å². The standard InChI is InChI=1S/C5H9NO2.C4H8O2/c1-6-3-2-4(7)5(6)8;1-2-6-4-3-5-1/h4,7H,2-3H2,1H3;1-4H2. The number of likely N-dealkylation sites (tertiary alicyclic amines) is 1. The number of aliphatic hydroxyl groups is 1. The molecule has 5 heteroatoms. The number of hydrogen-bond donors (Lipinski definition) is 1. The van der Waals surface area contributed by atoms with Gasteiger partial charge in [-0.05, 0) is 6.42 Å². The first-order chi connectivity index (χ1) is 6.72. The number of carbonyl (C=O) groups excluding carboxylic acids is 1. The summed E-state index contributed by atoms with van der Waals surface area (Å²) in [4.78, 5) is 12.1. The van der Waals surface area contributed by atoms with Crippen LogP contribution in [-0.2, 0) is 14.3 Å². The van der Waals surface area contributed by atoms with Crippen molar-refractivity contribution in [3.05, 3.63) is 0 Å². The number of amides is 1. The Hall–Kier alpha value is -0.650. The molecule has 0 aliphatic carbocycles. The van der Waals surface area contributed by atoms with E-state index in [0.29, 0.717) is 13.0 Å². The van der Waals surface area contributed by atoms with Crippen LogP contribution in [0.15, 0.2) is 0 Å². The van der Waals surface area contributed by atoms with Crippen molar-refractivity contribution in [1.29, 1.82) is 0 Å². The van der Waals surface area contributed by atoms with Crippen LogP contribution < -0.4 is 0 Å². The molecule has 2 aliphatic rings. The molecule has 1 N–H and O–H groups in total. The first-order valence-corrected chi connectivity index (χ1v) is 4.80. The van der Waals surface area contributed by atoms with Crippen LogP contribution in [0.5, 0.6) is 0 Å². The molecule has 2 heterocycles. The third-order valence-corrected chi connectivity index (χ3v) is 2.14. The SMILES string of the molecule is C1COCCO1.CN1CCC(O)C1=O. The van der Waals surface area contributed by atoms with Crippen molar-refractivity contribution >= 4 is 5.91 Å². The Bertz CT molecular complexity index is 158. The quantitative estimate of drug-likeness (QED) is 0.562. The van der Waals surface area contributed by atoms with Crippen molar-refractivity contribution in [3.8, 4) is 0 Å². The summed E-state index contributed by atoms with van der Waals surface area (Å²) < 4.78 is 9.89. The van der Waals surface area contributed by atoms with Crippen molar-refractivity contribution in [3.63, 3.8) is 0 Å². The molecular weight excluding hydrogens is 186 g/mol. The molecule has 5 nitrogen and oxygen atoms in total. The molecule has 1 unspecified atom stereocenters. The third-order valence-electron chi connectivity index (χ3n) is 2.14. The summed E-state index contributed by atoms with van der Waals surface area (Å²) in [5.41, 5.74) is 0.